The van der Waals surface area contributed by atoms with Crippen LogP contribution in [-0.2, 0) is 4.79 Å². The fourth-order valence-electron chi connectivity index (χ4n) is 2.20. The van der Waals surface area contributed by atoms with Crippen LogP contribution in [0.3, 0.4) is 0 Å². The smallest absolute Gasteiger partial charge is 0.325 e. The van der Waals surface area contributed by atoms with E-state index in [1.807, 2.05) is 0 Å². The van der Waals surface area contributed by atoms with E-state index >= 15 is 0 Å². The predicted octanol–water partition coefficient (Wildman–Crippen LogP) is 3.34. The quantitative estimate of drug-likeness (QED) is 0.714. The highest BCUT2D eigenvalue weighted by Gasteiger charge is 2.30. The molecule has 10 heteroatoms. The van der Waals surface area contributed by atoms with Crippen LogP contribution in [-0.4, -0.2) is 31.7 Å². The molecule has 1 aliphatic rings. The summed E-state index contributed by atoms with van der Waals surface area (Å²) in [7, 11) is 0. The molecule has 0 aliphatic heterocycles. The number of alkyl halides is 2. The largest absolute Gasteiger partial charge is 0.344 e. The van der Waals surface area contributed by atoms with E-state index in [9.17, 15) is 18.4 Å². The number of benzene rings is 1. The second-order valence-corrected chi connectivity index (χ2v) is 7.94. The molecule has 1 aromatic heterocycles. The molecule has 134 valence electrons. The van der Waals surface area contributed by atoms with Crippen molar-refractivity contribution in [1.82, 2.24) is 14.8 Å². The fourth-order valence-corrected chi connectivity index (χ4v) is 3.63. The van der Waals surface area contributed by atoms with Crippen molar-refractivity contribution in [3.63, 3.8) is 0 Å². The minimum atomic E-state index is -2.48. The Bertz CT molecular complexity index is 803. The maximum Gasteiger partial charge on any atom is 0.344 e. The zero-order valence-electron chi connectivity index (χ0n) is 13.2. The maximum atomic E-state index is 12.3. The summed E-state index contributed by atoms with van der Waals surface area (Å²) in [4.78, 5) is 24.5. The van der Waals surface area contributed by atoms with Gasteiger partial charge in [0, 0.05) is 16.6 Å². The second kappa shape index (κ2) is 7.61. The van der Waals surface area contributed by atoms with Gasteiger partial charge in [0.05, 0.1) is 5.25 Å². The zero-order chi connectivity index (χ0) is 18.0. The molecule has 0 radical (unpaired) electrons. The van der Waals surface area contributed by atoms with Crippen LogP contribution in [0, 0.1) is 0 Å². The molecule has 0 unspecified atom stereocenters. The first-order valence-electron chi connectivity index (χ1n) is 7.63. The van der Waals surface area contributed by atoms with Crippen LogP contribution in [0.25, 0.3) is 0 Å². The highest BCUT2D eigenvalue weighted by molar-refractivity contribution is 8.00. The third kappa shape index (κ3) is 4.63. The van der Waals surface area contributed by atoms with Gasteiger partial charge in [0.25, 0.3) is 5.76 Å². The standard InChI is InChI=1S/C15H16F2N4O2S2/c1-8(24-15-20-19-14(23)21(15)10-4-5-10)12(22)18-9-2-6-11(7-3-9)25-13(16)17/h2-3,6-8,10,13H,4-5H2,1H3,(H,18,22)(H,19,23)/t8-/m0/s1. The minimum absolute atomic E-state index is 0.170. The van der Waals surface area contributed by atoms with Crippen molar-refractivity contribution in [3.05, 3.63) is 34.7 Å². The van der Waals surface area contributed by atoms with Gasteiger partial charge in [0.1, 0.15) is 0 Å². The molecule has 6 nitrogen and oxygen atoms in total. The van der Waals surface area contributed by atoms with Crippen LogP contribution < -0.4 is 11.0 Å². The van der Waals surface area contributed by atoms with E-state index in [-0.39, 0.29) is 17.6 Å². The van der Waals surface area contributed by atoms with Gasteiger partial charge in [-0.3, -0.25) is 9.36 Å². The molecule has 1 aliphatic carbocycles. The number of rotatable bonds is 7. The van der Waals surface area contributed by atoms with E-state index in [1.54, 1.807) is 23.6 Å². The third-order valence-corrected chi connectivity index (χ3v) is 5.37. The van der Waals surface area contributed by atoms with Crippen LogP contribution in [0.1, 0.15) is 25.8 Å². The average molecular weight is 386 g/mol. The van der Waals surface area contributed by atoms with Crippen LogP contribution in [0.15, 0.2) is 39.1 Å². The zero-order valence-corrected chi connectivity index (χ0v) is 14.9. The van der Waals surface area contributed by atoms with Crippen LogP contribution >= 0.6 is 23.5 Å². The van der Waals surface area contributed by atoms with Gasteiger partial charge in [-0.2, -0.15) is 8.78 Å². The summed E-state index contributed by atoms with van der Waals surface area (Å²) in [6.07, 6.45) is 1.88. The SMILES string of the molecule is C[C@H](Sc1n[nH]c(=O)n1C1CC1)C(=O)Nc1ccc(SC(F)F)cc1. The Morgan fingerprint density at radius 2 is 2.00 bits per heavy atom. The van der Waals surface area contributed by atoms with Gasteiger partial charge in [-0.1, -0.05) is 23.5 Å². The maximum absolute atomic E-state index is 12.3. The lowest BCUT2D eigenvalue weighted by molar-refractivity contribution is -0.115. The van der Waals surface area contributed by atoms with Gasteiger partial charge >= 0.3 is 5.69 Å². The predicted molar refractivity (Wildman–Crippen MR) is 93.4 cm³/mol. The summed E-state index contributed by atoms with van der Waals surface area (Å²) in [5, 5.41) is 9.16. The summed E-state index contributed by atoms with van der Waals surface area (Å²) >= 11 is 1.66. The first kappa shape index (κ1) is 18.0. The van der Waals surface area contributed by atoms with Crippen molar-refractivity contribution in [2.75, 3.05) is 5.32 Å². The normalized spacial score (nSPS) is 15.4. The Labute approximate surface area is 150 Å². The number of nitrogens with zero attached hydrogens (tertiary/aromatic N) is 2. The number of hydrogen-bond acceptors (Lipinski definition) is 5. The van der Waals surface area contributed by atoms with Gasteiger partial charge in [0.2, 0.25) is 5.91 Å². The minimum Gasteiger partial charge on any atom is -0.325 e. The van der Waals surface area contributed by atoms with E-state index < -0.39 is 11.0 Å². The summed E-state index contributed by atoms with van der Waals surface area (Å²) in [6.45, 7) is 1.72. The van der Waals surface area contributed by atoms with E-state index in [2.05, 4.69) is 15.5 Å². The van der Waals surface area contributed by atoms with E-state index in [0.717, 1.165) is 12.8 Å². The van der Waals surface area contributed by atoms with Crippen LogP contribution in [0.5, 0.6) is 0 Å². The molecule has 3 rings (SSSR count). The Balaban J connectivity index is 1.60. The van der Waals surface area contributed by atoms with Crippen molar-refractivity contribution in [2.45, 2.75) is 46.9 Å². The molecular weight excluding hydrogens is 370 g/mol. The first-order valence-corrected chi connectivity index (χ1v) is 9.39. The van der Waals surface area contributed by atoms with Gasteiger partial charge < -0.3 is 5.32 Å². The Morgan fingerprint density at radius 1 is 1.32 bits per heavy atom. The number of amides is 1. The lowest BCUT2D eigenvalue weighted by Gasteiger charge is -2.12. The lowest BCUT2D eigenvalue weighted by Crippen LogP contribution is -2.23. The van der Waals surface area contributed by atoms with E-state index in [0.29, 0.717) is 27.5 Å². The number of H-pyrrole nitrogens is 1. The number of halogens is 2. The molecule has 1 aromatic carbocycles. The van der Waals surface area contributed by atoms with Crippen molar-refractivity contribution >= 4 is 35.1 Å². The molecule has 0 spiro atoms. The fraction of sp³-hybridized carbons (Fsp3) is 0.400. The van der Waals surface area contributed by atoms with Gasteiger partial charge in [-0.25, -0.2) is 9.89 Å². The summed E-state index contributed by atoms with van der Waals surface area (Å²) in [6, 6.07) is 6.39. The molecule has 1 heterocycles. The molecular formula is C15H16F2N4O2S2. The number of aromatic amines is 1. The van der Waals surface area contributed by atoms with Gasteiger partial charge in [-0.15, -0.1) is 5.10 Å². The molecule has 0 saturated heterocycles. The van der Waals surface area contributed by atoms with Crippen LogP contribution in [0.2, 0.25) is 0 Å². The number of carbonyl (C=O) groups excluding carboxylic acids is 1. The Kier molecular flexibility index (Phi) is 5.48. The van der Waals surface area contributed by atoms with Crippen molar-refractivity contribution in [2.24, 2.45) is 0 Å². The van der Waals surface area contributed by atoms with E-state index in [1.165, 1.54) is 23.9 Å². The number of nitrogens with one attached hydrogen (secondary N) is 2. The van der Waals surface area contributed by atoms with E-state index in [4.69, 9.17) is 0 Å². The number of anilines is 1. The monoisotopic (exact) mass is 386 g/mol. The molecule has 1 saturated carbocycles. The number of aromatic nitrogens is 3. The Hall–Kier alpha value is -1.81. The summed E-state index contributed by atoms with van der Waals surface area (Å²) in [5.41, 5.74) is 0.266. The molecule has 0 bridgehead atoms. The molecule has 2 aromatic rings. The average Bonchev–Trinajstić information content (AvgIpc) is 3.33. The molecule has 1 fully saturated rings. The van der Waals surface area contributed by atoms with Gasteiger partial charge in [0.15, 0.2) is 5.16 Å². The molecule has 25 heavy (non-hydrogen) atoms. The Morgan fingerprint density at radius 3 is 2.60 bits per heavy atom. The van der Waals surface area contributed by atoms with Gasteiger partial charge in [-0.05, 0) is 44.0 Å². The molecule has 1 amide bonds. The second-order valence-electron chi connectivity index (χ2n) is 5.56. The summed E-state index contributed by atoms with van der Waals surface area (Å²) < 4.78 is 26.2. The number of carbonyl (C=O) groups is 1. The number of thioether (sulfide) groups is 2. The van der Waals surface area contributed by atoms with Crippen molar-refractivity contribution in [3.8, 4) is 0 Å². The molecule has 1 atom stereocenters. The van der Waals surface area contributed by atoms with Crippen molar-refractivity contribution < 1.29 is 13.6 Å². The van der Waals surface area contributed by atoms with Crippen molar-refractivity contribution in [1.29, 1.82) is 0 Å². The highest BCUT2D eigenvalue weighted by Crippen LogP contribution is 2.36. The lowest BCUT2D eigenvalue weighted by atomic mass is 10.3. The topological polar surface area (TPSA) is 79.8 Å². The molecule has 2 N–H and O–H groups in total. The van der Waals surface area contributed by atoms with Crippen LogP contribution in [0.4, 0.5) is 14.5 Å². The first-order chi connectivity index (χ1) is 11.9. The number of hydrogen-bond donors (Lipinski definition) is 2. The third-order valence-electron chi connectivity index (χ3n) is 3.58. The highest BCUT2D eigenvalue weighted by atomic mass is 32.2. The summed E-state index contributed by atoms with van der Waals surface area (Å²) in [5.74, 6) is -2.73.